The molecule has 0 amide bonds. The lowest BCUT2D eigenvalue weighted by Crippen LogP contribution is -2.26. The molecular weight excluding hydrogens is 405 g/mol. The van der Waals surface area contributed by atoms with Crippen molar-refractivity contribution in [3.8, 4) is 11.5 Å². The molecule has 0 unspecified atom stereocenters. The Hall–Kier alpha value is -3.43. The van der Waals surface area contributed by atoms with Gasteiger partial charge in [0, 0.05) is 30.4 Å². The number of aromatic hydroxyl groups is 1. The number of benzene rings is 2. The van der Waals surface area contributed by atoms with Gasteiger partial charge in [0.1, 0.15) is 29.4 Å². The fourth-order valence-corrected chi connectivity index (χ4v) is 2.89. The van der Waals surface area contributed by atoms with Crippen LogP contribution in [0.3, 0.4) is 0 Å². The maximum absolute atomic E-state index is 13.6. The topological polar surface area (TPSA) is 103 Å². The van der Waals surface area contributed by atoms with E-state index >= 15 is 0 Å². The molecule has 2 aromatic rings. The number of rotatable bonds is 8. The van der Waals surface area contributed by atoms with Crippen molar-refractivity contribution in [3.05, 3.63) is 53.1 Å². The maximum atomic E-state index is 13.6. The molecule has 0 saturated heterocycles. The lowest BCUT2D eigenvalue weighted by molar-refractivity contribution is -0.137. The molecule has 0 radical (unpaired) electrons. The molecular formula is C20H21F3N2O5. The smallest absolute Gasteiger partial charge is 0.418 e. The predicted octanol–water partition coefficient (Wildman–Crippen LogP) is 4.21. The summed E-state index contributed by atoms with van der Waals surface area (Å²) in [5, 5.41) is 30.9. The summed E-state index contributed by atoms with van der Waals surface area (Å²) in [6.07, 6.45) is -4.62. The zero-order valence-corrected chi connectivity index (χ0v) is 16.3. The largest absolute Gasteiger partial charge is 0.507 e. The van der Waals surface area contributed by atoms with E-state index in [2.05, 4.69) is 5.16 Å². The van der Waals surface area contributed by atoms with Crippen LogP contribution in [-0.2, 0) is 6.18 Å². The lowest BCUT2D eigenvalue weighted by atomic mass is 10.0. The van der Waals surface area contributed by atoms with E-state index in [0.29, 0.717) is 13.1 Å². The van der Waals surface area contributed by atoms with Gasteiger partial charge in [0.2, 0.25) is 0 Å². The van der Waals surface area contributed by atoms with Crippen LogP contribution in [0.25, 0.3) is 0 Å². The first-order valence-corrected chi connectivity index (χ1v) is 8.98. The first kappa shape index (κ1) is 22.9. The second kappa shape index (κ2) is 9.38. The van der Waals surface area contributed by atoms with E-state index in [9.17, 15) is 28.3 Å². The minimum Gasteiger partial charge on any atom is -0.507 e. The van der Waals surface area contributed by atoms with Gasteiger partial charge in [0.05, 0.1) is 5.56 Å². The Labute approximate surface area is 170 Å². The third-order valence-electron chi connectivity index (χ3n) is 4.44. The summed E-state index contributed by atoms with van der Waals surface area (Å²) in [5.74, 6) is -1.82. The van der Waals surface area contributed by atoms with Crippen LogP contribution in [0, 0.1) is 0 Å². The Kier molecular flexibility index (Phi) is 7.14. The summed E-state index contributed by atoms with van der Waals surface area (Å²) in [5.41, 5.74) is -1.35. The molecule has 0 spiro atoms. The van der Waals surface area contributed by atoms with Gasteiger partial charge in [-0.3, -0.25) is 0 Å². The van der Waals surface area contributed by atoms with Gasteiger partial charge in [-0.15, -0.1) is 0 Å². The molecule has 162 valence electrons. The van der Waals surface area contributed by atoms with Gasteiger partial charge < -0.3 is 25.1 Å². The van der Waals surface area contributed by atoms with Crippen molar-refractivity contribution in [2.24, 2.45) is 5.16 Å². The molecule has 0 bridgehead atoms. The zero-order valence-electron chi connectivity index (χ0n) is 16.3. The molecule has 0 fully saturated rings. The first-order chi connectivity index (χ1) is 14.1. The highest BCUT2D eigenvalue weighted by molar-refractivity contribution is 6.02. The molecule has 3 N–H and O–H groups in total. The Morgan fingerprint density at radius 2 is 1.80 bits per heavy atom. The monoisotopic (exact) mass is 426 g/mol. The number of nitrogens with zero attached hydrogens (tertiary/aromatic N) is 2. The van der Waals surface area contributed by atoms with E-state index in [1.807, 2.05) is 0 Å². The van der Waals surface area contributed by atoms with Crippen molar-refractivity contribution in [2.75, 3.05) is 24.6 Å². The number of carbonyl (C=O) groups is 1. The number of hydrogen-bond acceptors (Lipinski definition) is 6. The van der Waals surface area contributed by atoms with E-state index < -0.39 is 30.1 Å². The van der Waals surface area contributed by atoms with Gasteiger partial charge >= 0.3 is 12.1 Å². The van der Waals surface area contributed by atoms with E-state index in [1.165, 1.54) is 18.2 Å². The number of ether oxygens (including phenoxy) is 1. The van der Waals surface area contributed by atoms with Crippen molar-refractivity contribution in [3.63, 3.8) is 0 Å². The fraction of sp³-hybridized carbons (Fsp3) is 0.300. The summed E-state index contributed by atoms with van der Waals surface area (Å²) in [4.78, 5) is 12.5. The Bertz CT molecular complexity index is 941. The molecule has 10 heteroatoms. The Balaban J connectivity index is 2.30. The lowest BCUT2D eigenvalue weighted by Gasteiger charge is -2.25. The SMILES string of the molecule is CCN(CC)c1ccc(/C(COc2ccc(C(=O)O)c(O)c2)=N/O)cc1C(F)(F)F. The molecule has 0 atom stereocenters. The zero-order chi connectivity index (χ0) is 22.5. The number of phenols is 1. The number of alkyl halides is 3. The van der Waals surface area contributed by atoms with Gasteiger partial charge in [-0.05, 0) is 38.1 Å². The highest BCUT2D eigenvalue weighted by Crippen LogP contribution is 2.37. The van der Waals surface area contributed by atoms with Crippen molar-refractivity contribution in [2.45, 2.75) is 20.0 Å². The summed E-state index contributed by atoms with van der Waals surface area (Å²) >= 11 is 0. The normalized spacial score (nSPS) is 12.0. The summed E-state index contributed by atoms with van der Waals surface area (Å²) < 4.78 is 46.1. The highest BCUT2D eigenvalue weighted by atomic mass is 19.4. The van der Waals surface area contributed by atoms with E-state index in [4.69, 9.17) is 9.84 Å². The van der Waals surface area contributed by atoms with Crippen LogP contribution in [0.1, 0.15) is 35.3 Å². The molecule has 0 aliphatic rings. The number of aromatic carboxylic acids is 1. The van der Waals surface area contributed by atoms with Gasteiger partial charge in [-0.1, -0.05) is 11.2 Å². The van der Waals surface area contributed by atoms with Crippen LogP contribution in [0.5, 0.6) is 11.5 Å². The number of carboxylic acids is 1. The minimum absolute atomic E-state index is 0.00658. The van der Waals surface area contributed by atoms with E-state index in [1.54, 1.807) is 18.7 Å². The summed E-state index contributed by atoms with van der Waals surface area (Å²) in [6.45, 7) is 3.86. The van der Waals surface area contributed by atoms with Gasteiger partial charge in [-0.25, -0.2) is 4.79 Å². The third kappa shape index (κ3) is 5.13. The Morgan fingerprint density at radius 3 is 2.30 bits per heavy atom. The van der Waals surface area contributed by atoms with Crippen LogP contribution < -0.4 is 9.64 Å². The quantitative estimate of drug-likeness (QED) is 0.332. The van der Waals surface area contributed by atoms with Crippen molar-refractivity contribution in [1.29, 1.82) is 0 Å². The standard InChI is InChI=1S/C20H21F3N2O5/c1-3-25(4-2)17-8-5-12(9-15(17)20(21,22)23)16(24-29)11-30-13-6-7-14(19(27)28)18(26)10-13/h5-10,26,29H,3-4,11H2,1-2H3,(H,27,28)/b24-16+. The molecule has 7 nitrogen and oxygen atoms in total. The second-order valence-electron chi connectivity index (χ2n) is 6.22. The van der Waals surface area contributed by atoms with Gasteiger partial charge in [-0.2, -0.15) is 13.2 Å². The first-order valence-electron chi connectivity index (χ1n) is 8.98. The van der Waals surface area contributed by atoms with Crippen LogP contribution in [0.2, 0.25) is 0 Å². The van der Waals surface area contributed by atoms with E-state index in [0.717, 1.165) is 18.2 Å². The van der Waals surface area contributed by atoms with Crippen LogP contribution in [0.4, 0.5) is 18.9 Å². The van der Waals surface area contributed by atoms with E-state index in [-0.39, 0.29) is 28.3 Å². The molecule has 30 heavy (non-hydrogen) atoms. The number of carboxylic acid groups (broad SMARTS) is 1. The summed E-state index contributed by atoms with van der Waals surface area (Å²) in [6, 6.07) is 7.02. The second-order valence-corrected chi connectivity index (χ2v) is 6.22. The number of oxime groups is 1. The van der Waals surface area contributed by atoms with Crippen LogP contribution in [0.15, 0.2) is 41.6 Å². The molecule has 0 heterocycles. The number of anilines is 1. The third-order valence-corrected chi connectivity index (χ3v) is 4.44. The van der Waals surface area contributed by atoms with Gasteiger partial charge in [0.15, 0.2) is 0 Å². The Morgan fingerprint density at radius 1 is 1.13 bits per heavy atom. The molecule has 0 aliphatic carbocycles. The van der Waals surface area contributed by atoms with Crippen molar-refractivity contribution < 1.29 is 38.1 Å². The minimum atomic E-state index is -4.62. The highest BCUT2D eigenvalue weighted by Gasteiger charge is 2.35. The summed E-state index contributed by atoms with van der Waals surface area (Å²) in [7, 11) is 0. The molecule has 0 aliphatic heterocycles. The molecule has 2 rings (SSSR count). The fourth-order valence-electron chi connectivity index (χ4n) is 2.89. The number of halogens is 3. The number of hydrogen-bond donors (Lipinski definition) is 3. The average molecular weight is 426 g/mol. The molecule has 0 saturated carbocycles. The maximum Gasteiger partial charge on any atom is 0.418 e. The van der Waals surface area contributed by atoms with Crippen molar-refractivity contribution >= 4 is 17.4 Å². The predicted molar refractivity (Wildman–Crippen MR) is 104 cm³/mol. The molecule has 0 aromatic heterocycles. The van der Waals surface area contributed by atoms with Crippen LogP contribution >= 0.6 is 0 Å². The van der Waals surface area contributed by atoms with Gasteiger partial charge in [0.25, 0.3) is 0 Å². The van der Waals surface area contributed by atoms with Crippen LogP contribution in [-0.4, -0.2) is 46.8 Å². The van der Waals surface area contributed by atoms with Crippen molar-refractivity contribution in [1.82, 2.24) is 0 Å². The molecule has 2 aromatic carbocycles. The average Bonchev–Trinajstić information content (AvgIpc) is 2.69.